The second-order valence-corrected chi connectivity index (χ2v) is 6.05. The van der Waals surface area contributed by atoms with Crippen molar-refractivity contribution in [2.24, 2.45) is 0 Å². The van der Waals surface area contributed by atoms with Gasteiger partial charge in [-0.3, -0.25) is 4.79 Å². The monoisotopic (exact) mass is 354 g/mol. The SMILES string of the molecule is C=C(C)COc1cccc(NCC(=O)Nc2ccc(OCCC)cc2)c1. The van der Waals surface area contributed by atoms with Crippen molar-refractivity contribution in [3.63, 3.8) is 0 Å². The van der Waals surface area contributed by atoms with Crippen LogP contribution in [0, 0.1) is 0 Å². The molecule has 0 aliphatic carbocycles. The van der Waals surface area contributed by atoms with E-state index in [1.54, 1.807) is 0 Å². The normalized spacial score (nSPS) is 10.1. The van der Waals surface area contributed by atoms with Crippen molar-refractivity contribution in [3.05, 3.63) is 60.7 Å². The smallest absolute Gasteiger partial charge is 0.243 e. The van der Waals surface area contributed by atoms with Gasteiger partial charge in [0.1, 0.15) is 18.1 Å². The maximum absolute atomic E-state index is 12.1. The van der Waals surface area contributed by atoms with Gasteiger partial charge >= 0.3 is 0 Å². The van der Waals surface area contributed by atoms with Gasteiger partial charge in [-0.25, -0.2) is 0 Å². The van der Waals surface area contributed by atoms with Crippen LogP contribution in [0.3, 0.4) is 0 Å². The van der Waals surface area contributed by atoms with E-state index in [1.165, 1.54) is 0 Å². The summed E-state index contributed by atoms with van der Waals surface area (Å²) in [7, 11) is 0. The number of benzene rings is 2. The summed E-state index contributed by atoms with van der Waals surface area (Å²) >= 11 is 0. The summed E-state index contributed by atoms with van der Waals surface area (Å²) in [6, 6.07) is 14.8. The van der Waals surface area contributed by atoms with Crippen LogP contribution in [-0.4, -0.2) is 25.7 Å². The lowest BCUT2D eigenvalue weighted by Gasteiger charge is -2.11. The highest BCUT2D eigenvalue weighted by Crippen LogP contribution is 2.18. The minimum Gasteiger partial charge on any atom is -0.494 e. The van der Waals surface area contributed by atoms with Gasteiger partial charge < -0.3 is 20.1 Å². The van der Waals surface area contributed by atoms with Crippen LogP contribution in [0.4, 0.5) is 11.4 Å². The van der Waals surface area contributed by atoms with Gasteiger partial charge in [0.2, 0.25) is 5.91 Å². The molecule has 0 spiro atoms. The van der Waals surface area contributed by atoms with Crippen molar-refractivity contribution in [1.82, 2.24) is 0 Å². The number of rotatable bonds is 10. The van der Waals surface area contributed by atoms with E-state index >= 15 is 0 Å². The maximum Gasteiger partial charge on any atom is 0.243 e. The summed E-state index contributed by atoms with van der Waals surface area (Å²) in [5.74, 6) is 1.41. The number of nitrogens with one attached hydrogen (secondary N) is 2. The Bertz CT molecular complexity index is 726. The average molecular weight is 354 g/mol. The van der Waals surface area contributed by atoms with Gasteiger partial charge in [0.25, 0.3) is 0 Å². The lowest BCUT2D eigenvalue weighted by molar-refractivity contribution is -0.114. The van der Waals surface area contributed by atoms with Crippen LogP contribution in [0.1, 0.15) is 20.3 Å². The van der Waals surface area contributed by atoms with Gasteiger partial charge in [0, 0.05) is 17.4 Å². The Labute approximate surface area is 155 Å². The Morgan fingerprint density at radius 3 is 2.50 bits per heavy atom. The number of amides is 1. The zero-order valence-corrected chi connectivity index (χ0v) is 15.4. The van der Waals surface area contributed by atoms with Crippen molar-refractivity contribution >= 4 is 17.3 Å². The van der Waals surface area contributed by atoms with Gasteiger partial charge in [0.15, 0.2) is 0 Å². The molecule has 138 valence electrons. The molecule has 0 atom stereocenters. The fourth-order valence-corrected chi connectivity index (χ4v) is 2.14. The standard InChI is InChI=1S/C21H26N2O3/c1-4-12-25-19-10-8-17(9-11-19)23-21(24)14-22-18-6-5-7-20(13-18)26-15-16(2)3/h5-11,13,22H,2,4,12,14-15H2,1,3H3,(H,23,24). The first-order valence-electron chi connectivity index (χ1n) is 8.70. The summed E-state index contributed by atoms with van der Waals surface area (Å²) in [4.78, 5) is 12.1. The van der Waals surface area contributed by atoms with E-state index in [0.717, 1.165) is 34.9 Å². The van der Waals surface area contributed by atoms with Gasteiger partial charge in [0.05, 0.1) is 13.2 Å². The van der Waals surface area contributed by atoms with Crippen LogP contribution < -0.4 is 20.1 Å². The topological polar surface area (TPSA) is 59.6 Å². The molecule has 0 heterocycles. The molecule has 2 aromatic carbocycles. The van der Waals surface area contributed by atoms with E-state index in [0.29, 0.717) is 13.2 Å². The molecule has 0 fully saturated rings. The molecule has 0 bridgehead atoms. The van der Waals surface area contributed by atoms with E-state index < -0.39 is 0 Å². The number of carbonyl (C=O) groups is 1. The van der Waals surface area contributed by atoms with Crippen molar-refractivity contribution in [1.29, 1.82) is 0 Å². The number of anilines is 2. The van der Waals surface area contributed by atoms with Crippen molar-refractivity contribution < 1.29 is 14.3 Å². The summed E-state index contributed by atoms with van der Waals surface area (Å²) in [5, 5.41) is 5.94. The van der Waals surface area contributed by atoms with E-state index in [4.69, 9.17) is 9.47 Å². The third-order valence-corrected chi connectivity index (χ3v) is 3.38. The molecule has 0 aliphatic rings. The number of ether oxygens (including phenoxy) is 2. The van der Waals surface area contributed by atoms with Gasteiger partial charge in [-0.2, -0.15) is 0 Å². The average Bonchev–Trinajstić information content (AvgIpc) is 2.64. The number of carbonyl (C=O) groups excluding carboxylic acids is 1. The minimum atomic E-state index is -0.125. The first-order chi connectivity index (χ1) is 12.6. The molecule has 0 saturated heterocycles. The van der Waals surface area contributed by atoms with E-state index in [-0.39, 0.29) is 12.5 Å². The molecular weight excluding hydrogens is 328 g/mol. The third kappa shape index (κ3) is 6.89. The third-order valence-electron chi connectivity index (χ3n) is 3.38. The highest BCUT2D eigenvalue weighted by molar-refractivity contribution is 5.93. The Kier molecular flexibility index (Phi) is 7.55. The van der Waals surface area contributed by atoms with E-state index in [2.05, 4.69) is 24.1 Å². The summed E-state index contributed by atoms with van der Waals surface area (Å²) in [6.07, 6.45) is 0.962. The number of hydrogen-bond donors (Lipinski definition) is 2. The molecule has 2 N–H and O–H groups in total. The molecule has 0 aromatic heterocycles. The van der Waals surface area contributed by atoms with Gasteiger partial charge in [-0.05, 0) is 55.3 Å². The zero-order valence-electron chi connectivity index (χ0n) is 15.4. The van der Waals surface area contributed by atoms with Crippen LogP contribution in [0.5, 0.6) is 11.5 Å². The van der Waals surface area contributed by atoms with Crippen molar-refractivity contribution in [2.75, 3.05) is 30.4 Å². The molecule has 0 saturated carbocycles. The molecule has 2 rings (SSSR count). The Hall–Kier alpha value is -2.95. The first kappa shape index (κ1) is 19.4. The molecule has 0 aliphatic heterocycles. The first-order valence-corrected chi connectivity index (χ1v) is 8.70. The van der Waals surface area contributed by atoms with Crippen LogP contribution in [0.15, 0.2) is 60.7 Å². The minimum absolute atomic E-state index is 0.125. The predicted molar refractivity (Wildman–Crippen MR) is 106 cm³/mol. The Morgan fingerprint density at radius 2 is 1.81 bits per heavy atom. The van der Waals surface area contributed by atoms with E-state index in [9.17, 15) is 4.79 Å². The van der Waals surface area contributed by atoms with Crippen molar-refractivity contribution in [3.8, 4) is 11.5 Å². The van der Waals surface area contributed by atoms with Crippen molar-refractivity contribution in [2.45, 2.75) is 20.3 Å². The second kappa shape index (κ2) is 10.1. The predicted octanol–water partition coefficient (Wildman–Crippen LogP) is 4.48. The molecule has 0 unspecified atom stereocenters. The molecule has 26 heavy (non-hydrogen) atoms. The second-order valence-electron chi connectivity index (χ2n) is 6.05. The fourth-order valence-electron chi connectivity index (χ4n) is 2.14. The number of hydrogen-bond acceptors (Lipinski definition) is 4. The molecular formula is C21H26N2O3. The Morgan fingerprint density at radius 1 is 1.04 bits per heavy atom. The van der Waals surface area contributed by atoms with Crippen LogP contribution in [0.2, 0.25) is 0 Å². The van der Waals surface area contributed by atoms with E-state index in [1.807, 2.05) is 55.5 Å². The molecule has 5 heteroatoms. The summed E-state index contributed by atoms with van der Waals surface area (Å²) in [6.45, 7) is 9.11. The zero-order chi connectivity index (χ0) is 18.8. The van der Waals surface area contributed by atoms with Crippen LogP contribution in [-0.2, 0) is 4.79 Å². The maximum atomic E-state index is 12.1. The molecule has 2 aromatic rings. The summed E-state index contributed by atoms with van der Waals surface area (Å²) in [5.41, 5.74) is 2.51. The quantitative estimate of drug-likeness (QED) is 0.618. The van der Waals surface area contributed by atoms with Gasteiger partial charge in [-0.15, -0.1) is 0 Å². The lowest BCUT2D eigenvalue weighted by atomic mass is 10.3. The van der Waals surface area contributed by atoms with Gasteiger partial charge in [-0.1, -0.05) is 19.6 Å². The summed E-state index contributed by atoms with van der Waals surface area (Å²) < 4.78 is 11.1. The highest BCUT2D eigenvalue weighted by Gasteiger charge is 2.04. The Balaban J connectivity index is 1.81. The molecule has 0 radical (unpaired) electrons. The largest absolute Gasteiger partial charge is 0.494 e. The molecule has 1 amide bonds. The molecule has 5 nitrogen and oxygen atoms in total. The van der Waals surface area contributed by atoms with Crippen LogP contribution >= 0.6 is 0 Å². The lowest BCUT2D eigenvalue weighted by Crippen LogP contribution is -2.21. The highest BCUT2D eigenvalue weighted by atomic mass is 16.5. The van der Waals surface area contributed by atoms with Crippen LogP contribution in [0.25, 0.3) is 0 Å². The fraction of sp³-hybridized carbons (Fsp3) is 0.286.